The van der Waals surface area contributed by atoms with Crippen molar-refractivity contribution >= 4 is 0 Å². The quantitative estimate of drug-likeness (QED) is 0.557. The number of aliphatic hydroxyl groups is 2. The highest BCUT2D eigenvalue weighted by Gasteiger charge is 2.58. The van der Waals surface area contributed by atoms with E-state index in [0.29, 0.717) is 6.42 Å². The fourth-order valence-electron chi connectivity index (χ4n) is 3.31. The standard InChI is InChI=1S/C15H26O3/c1-9(2)12-11(16)8-10(3)6-5-7-15(4)14(18-15)13(12)17/h6,9,11-14,16-17H,5,7-8H2,1-4H3. The Morgan fingerprint density at radius 3 is 2.67 bits per heavy atom. The SMILES string of the molecule is CC1=CCCC2(C)OC2C(O)C(C(C)C)C(O)C1. The van der Waals surface area contributed by atoms with E-state index in [4.69, 9.17) is 4.74 Å². The van der Waals surface area contributed by atoms with E-state index in [1.807, 2.05) is 0 Å². The molecule has 0 aromatic heterocycles. The molecule has 2 aliphatic rings. The second kappa shape index (κ2) is 4.95. The molecule has 1 saturated heterocycles. The third-order valence-corrected chi connectivity index (χ3v) is 4.52. The summed E-state index contributed by atoms with van der Waals surface area (Å²) in [5.41, 5.74) is 1.02. The third-order valence-electron chi connectivity index (χ3n) is 4.52. The summed E-state index contributed by atoms with van der Waals surface area (Å²) >= 11 is 0. The molecule has 2 rings (SSSR count). The summed E-state index contributed by atoms with van der Waals surface area (Å²) in [5.74, 6) is 0.133. The van der Waals surface area contributed by atoms with Crippen LogP contribution in [0.1, 0.15) is 47.0 Å². The first-order valence-corrected chi connectivity index (χ1v) is 7.05. The van der Waals surface area contributed by atoms with Gasteiger partial charge in [0.05, 0.1) is 17.8 Å². The normalized spacial score (nSPS) is 45.4. The molecule has 0 aromatic carbocycles. The molecule has 104 valence electrons. The summed E-state index contributed by atoms with van der Waals surface area (Å²) in [7, 11) is 0. The van der Waals surface area contributed by atoms with Crippen molar-refractivity contribution in [1.82, 2.24) is 0 Å². The largest absolute Gasteiger partial charge is 0.392 e. The molecule has 0 aromatic rings. The van der Waals surface area contributed by atoms with Crippen molar-refractivity contribution in [2.45, 2.75) is 70.9 Å². The highest BCUT2D eigenvalue weighted by Crippen LogP contribution is 2.46. The molecule has 2 N–H and O–H groups in total. The van der Waals surface area contributed by atoms with Crippen molar-refractivity contribution in [2.75, 3.05) is 0 Å². The Bertz CT molecular complexity index is 337. The van der Waals surface area contributed by atoms with Crippen LogP contribution in [0.4, 0.5) is 0 Å². The molecular weight excluding hydrogens is 228 g/mol. The van der Waals surface area contributed by atoms with Gasteiger partial charge >= 0.3 is 0 Å². The van der Waals surface area contributed by atoms with Crippen LogP contribution in [0.15, 0.2) is 11.6 Å². The summed E-state index contributed by atoms with van der Waals surface area (Å²) in [5, 5.41) is 20.9. The first kappa shape index (κ1) is 14.0. The minimum absolute atomic E-state index is 0.105. The number of epoxide rings is 1. The van der Waals surface area contributed by atoms with Crippen LogP contribution in [0.5, 0.6) is 0 Å². The monoisotopic (exact) mass is 254 g/mol. The van der Waals surface area contributed by atoms with Crippen molar-refractivity contribution in [1.29, 1.82) is 0 Å². The fraction of sp³-hybridized carbons (Fsp3) is 0.867. The summed E-state index contributed by atoms with van der Waals surface area (Å²) in [6.07, 6.45) is 3.62. The second-order valence-electron chi connectivity index (χ2n) is 6.52. The van der Waals surface area contributed by atoms with Gasteiger partial charge in [0.1, 0.15) is 6.10 Å². The maximum Gasteiger partial charge on any atom is 0.113 e. The van der Waals surface area contributed by atoms with Gasteiger partial charge in [0.2, 0.25) is 0 Å². The van der Waals surface area contributed by atoms with Gasteiger partial charge in [0.15, 0.2) is 0 Å². The van der Waals surface area contributed by atoms with Crippen LogP contribution >= 0.6 is 0 Å². The maximum absolute atomic E-state index is 10.5. The molecule has 0 radical (unpaired) electrons. The van der Waals surface area contributed by atoms with Gasteiger partial charge in [-0.15, -0.1) is 0 Å². The van der Waals surface area contributed by atoms with Crippen molar-refractivity contribution < 1.29 is 14.9 Å². The molecule has 0 saturated carbocycles. The first-order valence-electron chi connectivity index (χ1n) is 7.05. The van der Waals surface area contributed by atoms with E-state index in [1.54, 1.807) is 0 Å². The lowest BCUT2D eigenvalue weighted by Crippen LogP contribution is -2.41. The molecule has 1 heterocycles. The van der Waals surface area contributed by atoms with Gasteiger partial charge in [-0.1, -0.05) is 25.5 Å². The van der Waals surface area contributed by atoms with Crippen LogP contribution < -0.4 is 0 Å². The Kier molecular flexibility index (Phi) is 3.86. The average Bonchev–Trinajstić information content (AvgIpc) is 2.89. The predicted molar refractivity (Wildman–Crippen MR) is 71.2 cm³/mol. The number of allylic oxidation sites excluding steroid dienone is 1. The zero-order chi connectivity index (χ0) is 13.5. The molecule has 3 heteroatoms. The van der Waals surface area contributed by atoms with Gasteiger partial charge in [0.25, 0.3) is 0 Å². The first-order chi connectivity index (χ1) is 8.35. The molecule has 0 bridgehead atoms. The van der Waals surface area contributed by atoms with Crippen LogP contribution in [0, 0.1) is 11.8 Å². The van der Waals surface area contributed by atoms with Crippen molar-refractivity contribution in [3.63, 3.8) is 0 Å². The number of ether oxygens (including phenoxy) is 1. The zero-order valence-electron chi connectivity index (χ0n) is 11.9. The van der Waals surface area contributed by atoms with Gasteiger partial charge in [-0.05, 0) is 39.0 Å². The van der Waals surface area contributed by atoms with E-state index in [0.717, 1.165) is 12.8 Å². The summed E-state index contributed by atoms with van der Waals surface area (Å²) in [4.78, 5) is 0. The highest BCUT2D eigenvalue weighted by atomic mass is 16.6. The van der Waals surface area contributed by atoms with E-state index < -0.39 is 12.2 Å². The number of rotatable bonds is 1. The highest BCUT2D eigenvalue weighted by molar-refractivity contribution is 5.10. The molecule has 5 atom stereocenters. The second-order valence-corrected chi connectivity index (χ2v) is 6.52. The van der Waals surface area contributed by atoms with Gasteiger partial charge in [-0.3, -0.25) is 0 Å². The maximum atomic E-state index is 10.5. The van der Waals surface area contributed by atoms with Crippen LogP contribution in [0.2, 0.25) is 0 Å². The van der Waals surface area contributed by atoms with Crippen molar-refractivity contribution in [3.05, 3.63) is 11.6 Å². The summed E-state index contributed by atoms with van der Waals surface area (Å²) < 4.78 is 5.72. The van der Waals surface area contributed by atoms with Gasteiger partial charge in [-0.2, -0.15) is 0 Å². The minimum atomic E-state index is -0.559. The summed E-state index contributed by atoms with van der Waals surface area (Å²) in [6.45, 7) is 8.24. The van der Waals surface area contributed by atoms with Gasteiger partial charge < -0.3 is 14.9 Å². The molecule has 0 amide bonds. The van der Waals surface area contributed by atoms with Crippen LogP contribution in [0.25, 0.3) is 0 Å². The van der Waals surface area contributed by atoms with Crippen molar-refractivity contribution in [2.24, 2.45) is 11.8 Å². The fourth-order valence-corrected chi connectivity index (χ4v) is 3.31. The van der Waals surface area contributed by atoms with Crippen molar-refractivity contribution in [3.8, 4) is 0 Å². The van der Waals surface area contributed by atoms with E-state index >= 15 is 0 Å². The van der Waals surface area contributed by atoms with E-state index in [9.17, 15) is 10.2 Å². The molecule has 1 fully saturated rings. The van der Waals surface area contributed by atoms with Crippen LogP contribution in [0.3, 0.4) is 0 Å². The lowest BCUT2D eigenvalue weighted by Gasteiger charge is -2.31. The van der Waals surface area contributed by atoms with Gasteiger partial charge in [-0.25, -0.2) is 0 Å². The molecular formula is C15H26O3. The molecule has 1 aliphatic carbocycles. The molecule has 5 unspecified atom stereocenters. The lowest BCUT2D eigenvalue weighted by atomic mass is 9.78. The topological polar surface area (TPSA) is 53.0 Å². The number of hydrogen-bond acceptors (Lipinski definition) is 3. The zero-order valence-corrected chi connectivity index (χ0v) is 11.9. The van der Waals surface area contributed by atoms with Crippen LogP contribution in [-0.4, -0.2) is 34.1 Å². The summed E-state index contributed by atoms with van der Waals surface area (Å²) in [6, 6.07) is 0. The Balaban J connectivity index is 2.22. The van der Waals surface area contributed by atoms with Gasteiger partial charge in [0, 0.05) is 5.92 Å². The van der Waals surface area contributed by atoms with E-state index in [-0.39, 0.29) is 23.5 Å². The molecule has 3 nitrogen and oxygen atoms in total. The number of hydrogen-bond donors (Lipinski definition) is 2. The van der Waals surface area contributed by atoms with Crippen LogP contribution in [-0.2, 0) is 4.74 Å². The third kappa shape index (κ3) is 2.63. The predicted octanol–water partition coefficient (Wildman–Crippen LogP) is 2.27. The number of fused-ring (bicyclic) bond motifs is 1. The molecule has 18 heavy (non-hydrogen) atoms. The lowest BCUT2D eigenvalue weighted by molar-refractivity contribution is -0.0236. The Morgan fingerprint density at radius 2 is 2.06 bits per heavy atom. The van der Waals surface area contributed by atoms with E-state index in [1.165, 1.54) is 5.57 Å². The molecule has 0 spiro atoms. The Hall–Kier alpha value is -0.380. The molecule has 1 aliphatic heterocycles. The Morgan fingerprint density at radius 1 is 1.39 bits per heavy atom. The Labute approximate surface area is 110 Å². The number of aliphatic hydroxyl groups excluding tert-OH is 2. The van der Waals surface area contributed by atoms with E-state index in [2.05, 4.69) is 33.8 Å². The minimum Gasteiger partial charge on any atom is -0.392 e. The smallest absolute Gasteiger partial charge is 0.113 e. The average molecular weight is 254 g/mol.